The van der Waals surface area contributed by atoms with Crippen molar-refractivity contribution < 1.29 is 14.6 Å². The molecule has 0 spiro atoms. The minimum absolute atomic E-state index is 0.146. The number of nitrogens with zero attached hydrogens (tertiary/aromatic N) is 5. The fraction of sp³-hybridized carbons (Fsp3) is 0.258. The van der Waals surface area contributed by atoms with Crippen LogP contribution in [0.25, 0.3) is 32.2 Å². The molecule has 0 saturated carbocycles. The molecule has 0 aliphatic carbocycles. The van der Waals surface area contributed by atoms with Gasteiger partial charge in [0.1, 0.15) is 24.3 Å². The van der Waals surface area contributed by atoms with E-state index in [9.17, 15) is 20.0 Å². The lowest BCUT2D eigenvalue weighted by Crippen LogP contribution is -2.30. The van der Waals surface area contributed by atoms with Crippen molar-refractivity contribution in [2.75, 3.05) is 20.2 Å². The Kier molecular flexibility index (Phi) is 7.19. The normalized spacial score (nSPS) is 13.3. The second kappa shape index (κ2) is 10.8. The average molecular weight is 600 g/mol. The first-order chi connectivity index (χ1) is 20.2. The number of ether oxygens (including phenoxy) is 1. The minimum atomic E-state index is -1.04. The molecule has 2 aromatic carbocycles. The lowest BCUT2D eigenvalue weighted by Gasteiger charge is -2.26. The highest BCUT2D eigenvalue weighted by Crippen LogP contribution is 2.40. The van der Waals surface area contributed by atoms with E-state index in [-0.39, 0.29) is 24.3 Å². The molecule has 42 heavy (non-hydrogen) atoms. The molecule has 3 aromatic heterocycles. The molecule has 0 radical (unpaired) electrons. The molecule has 0 saturated heterocycles. The number of halogens is 1. The summed E-state index contributed by atoms with van der Waals surface area (Å²) in [4.78, 5) is 36.9. The highest BCUT2D eigenvalue weighted by molar-refractivity contribution is 7.18. The molecule has 1 aliphatic heterocycles. The number of aromatic nitrogens is 3. The van der Waals surface area contributed by atoms with E-state index in [1.54, 1.807) is 35.1 Å². The number of aromatic carboxylic acids is 1. The van der Waals surface area contributed by atoms with Crippen LogP contribution in [-0.4, -0.2) is 50.7 Å². The number of fused-ring (bicyclic) bond motifs is 3. The molecule has 11 heteroatoms. The Bertz CT molecular complexity index is 2030. The Labute approximate surface area is 250 Å². The van der Waals surface area contributed by atoms with Gasteiger partial charge in [-0.2, -0.15) is 5.26 Å². The van der Waals surface area contributed by atoms with E-state index >= 15 is 0 Å². The van der Waals surface area contributed by atoms with Crippen molar-refractivity contribution in [3.05, 3.63) is 84.9 Å². The topological polar surface area (TPSA) is 121 Å². The van der Waals surface area contributed by atoms with Crippen LogP contribution in [0.5, 0.6) is 5.75 Å². The van der Waals surface area contributed by atoms with Crippen LogP contribution in [-0.2, 0) is 19.5 Å². The van der Waals surface area contributed by atoms with Crippen molar-refractivity contribution in [3.63, 3.8) is 0 Å². The van der Waals surface area contributed by atoms with Gasteiger partial charge in [0.2, 0.25) is 0 Å². The number of hydrogen-bond donors (Lipinski definition) is 1. The van der Waals surface area contributed by atoms with Gasteiger partial charge in [0.25, 0.3) is 5.56 Å². The number of benzene rings is 2. The smallest absolute Gasteiger partial charge is 0.338 e. The molecule has 4 heterocycles. The largest absolute Gasteiger partial charge is 0.491 e. The number of thiophene rings is 1. The molecule has 0 atom stereocenters. The predicted molar refractivity (Wildman–Crippen MR) is 163 cm³/mol. The van der Waals surface area contributed by atoms with Gasteiger partial charge < -0.3 is 14.7 Å². The van der Waals surface area contributed by atoms with E-state index in [0.717, 1.165) is 27.9 Å². The maximum Gasteiger partial charge on any atom is 0.338 e. The van der Waals surface area contributed by atoms with E-state index in [0.29, 0.717) is 62.8 Å². The summed E-state index contributed by atoms with van der Waals surface area (Å²) < 4.78 is 8.49. The van der Waals surface area contributed by atoms with Crippen LogP contribution in [0.15, 0.2) is 40.5 Å². The summed E-state index contributed by atoms with van der Waals surface area (Å²) in [6.45, 7) is 5.49. The Morgan fingerprint density at radius 2 is 2.02 bits per heavy atom. The molecule has 0 amide bonds. The summed E-state index contributed by atoms with van der Waals surface area (Å²) in [7, 11) is 2.04. The number of likely N-dealkylation sites (N-methyl/N-ethyl adjacent to an activating group) is 1. The Morgan fingerprint density at radius 3 is 2.79 bits per heavy atom. The Hall–Kier alpha value is -4.30. The van der Waals surface area contributed by atoms with Crippen LogP contribution < -0.4 is 10.3 Å². The van der Waals surface area contributed by atoms with Gasteiger partial charge >= 0.3 is 5.97 Å². The second-order valence-electron chi connectivity index (χ2n) is 10.4. The van der Waals surface area contributed by atoms with Crippen LogP contribution >= 0.6 is 22.9 Å². The summed E-state index contributed by atoms with van der Waals surface area (Å²) in [5.74, 6) is 0.0312. The van der Waals surface area contributed by atoms with Gasteiger partial charge in [-0.1, -0.05) is 11.6 Å². The minimum Gasteiger partial charge on any atom is -0.491 e. The lowest BCUT2D eigenvalue weighted by molar-refractivity contribution is 0.0699. The summed E-state index contributed by atoms with van der Waals surface area (Å²) >= 11 is 7.68. The van der Waals surface area contributed by atoms with Crippen molar-refractivity contribution in [1.29, 1.82) is 5.26 Å². The van der Waals surface area contributed by atoms with Gasteiger partial charge in [-0.25, -0.2) is 9.78 Å². The number of carboxylic acids is 1. The van der Waals surface area contributed by atoms with Crippen molar-refractivity contribution in [2.24, 2.45) is 0 Å². The molecule has 212 valence electrons. The Balaban J connectivity index is 1.35. The molecule has 1 N–H and O–H groups in total. The fourth-order valence-corrected chi connectivity index (χ4v) is 6.83. The summed E-state index contributed by atoms with van der Waals surface area (Å²) in [6, 6.07) is 11.4. The van der Waals surface area contributed by atoms with Gasteiger partial charge in [-0.3, -0.25) is 14.3 Å². The quantitative estimate of drug-likeness (QED) is 0.268. The molecule has 5 aromatic rings. The number of carboxylic acid groups (broad SMARTS) is 1. The average Bonchev–Trinajstić information content (AvgIpc) is 3.38. The predicted octanol–water partition coefficient (Wildman–Crippen LogP) is 5.58. The number of pyridine rings is 1. The van der Waals surface area contributed by atoms with E-state index in [2.05, 4.69) is 16.0 Å². The molecular formula is C31H26ClN5O4S. The number of hydrogen-bond acceptors (Lipinski definition) is 8. The Morgan fingerprint density at radius 1 is 1.21 bits per heavy atom. The van der Waals surface area contributed by atoms with Gasteiger partial charge in [0, 0.05) is 40.3 Å². The zero-order chi connectivity index (χ0) is 29.7. The van der Waals surface area contributed by atoms with Crippen LogP contribution in [0.2, 0.25) is 5.02 Å². The number of aryl methyl sites for hydroxylation is 2. The van der Waals surface area contributed by atoms with E-state index in [4.69, 9.17) is 21.3 Å². The number of rotatable bonds is 6. The molecule has 0 bridgehead atoms. The fourth-order valence-electron chi connectivity index (χ4n) is 5.65. The van der Waals surface area contributed by atoms with Crippen LogP contribution in [0, 0.1) is 25.2 Å². The lowest BCUT2D eigenvalue weighted by atomic mass is 9.92. The third-order valence-corrected chi connectivity index (χ3v) is 8.86. The van der Waals surface area contributed by atoms with E-state index in [1.807, 2.05) is 26.1 Å². The standard InChI is InChI=1S/C31H26ClN5O4S/c1-16-10-22(29-28(34-16)24(15-42-29)31(39)40)21-12-19(32)4-5-26(21)41-9-8-37-17(2)35-25-11-18-14-36(3)7-6-20(18)23(13-33)27(25)30(37)38/h4-5,10-12,15H,6-9,14H2,1-3H3,(H,39,40). The maximum absolute atomic E-state index is 13.7. The zero-order valence-electron chi connectivity index (χ0n) is 23.2. The van der Waals surface area contributed by atoms with Gasteiger partial charge in [0.15, 0.2) is 0 Å². The highest BCUT2D eigenvalue weighted by atomic mass is 35.5. The van der Waals surface area contributed by atoms with Crippen LogP contribution in [0.3, 0.4) is 0 Å². The molecule has 0 unspecified atom stereocenters. The van der Waals surface area contributed by atoms with Crippen molar-refractivity contribution >= 4 is 50.0 Å². The van der Waals surface area contributed by atoms with E-state index < -0.39 is 5.97 Å². The zero-order valence-corrected chi connectivity index (χ0v) is 24.8. The van der Waals surface area contributed by atoms with Crippen molar-refractivity contribution in [2.45, 2.75) is 33.4 Å². The number of carbonyl (C=O) groups is 1. The monoisotopic (exact) mass is 599 g/mol. The molecule has 9 nitrogen and oxygen atoms in total. The molecule has 6 rings (SSSR count). The van der Waals surface area contributed by atoms with Gasteiger partial charge in [-0.15, -0.1) is 11.3 Å². The molecular weight excluding hydrogens is 574 g/mol. The first-order valence-corrected chi connectivity index (χ1v) is 14.6. The van der Waals surface area contributed by atoms with Crippen LogP contribution in [0.4, 0.5) is 0 Å². The van der Waals surface area contributed by atoms with Gasteiger partial charge in [0.05, 0.1) is 38.8 Å². The highest BCUT2D eigenvalue weighted by Gasteiger charge is 2.23. The third kappa shape index (κ3) is 4.79. The number of nitriles is 1. The summed E-state index contributed by atoms with van der Waals surface area (Å²) in [6.07, 6.45) is 0.709. The SMILES string of the molecule is Cc1cc(-c2cc(Cl)ccc2OCCn2c(C)nc3cc4c(c(C#N)c3c2=O)CCN(C)C4)c2scc(C(=O)O)c2n1. The third-order valence-electron chi connectivity index (χ3n) is 7.62. The van der Waals surface area contributed by atoms with Crippen molar-refractivity contribution in [1.82, 2.24) is 19.4 Å². The van der Waals surface area contributed by atoms with E-state index in [1.165, 1.54) is 11.3 Å². The molecule has 0 fully saturated rings. The van der Waals surface area contributed by atoms with Gasteiger partial charge in [-0.05, 0) is 68.8 Å². The van der Waals surface area contributed by atoms with Crippen molar-refractivity contribution in [3.8, 4) is 22.9 Å². The van der Waals surface area contributed by atoms with Crippen LogP contribution in [0.1, 0.15) is 38.6 Å². The first kappa shape index (κ1) is 27.8. The molecule has 1 aliphatic rings. The maximum atomic E-state index is 13.7. The second-order valence-corrected chi connectivity index (χ2v) is 11.7. The summed E-state index contributed by atoms with van der Waals surface area (Å²) in [5.41, 5.74) is 5.34. The summed E-state index contributed by atoms with van der Waals surface area (Å²) in [5, 5.41) is 22.1. The first-order valence-electron chi connectivity index (χ1n) is 13.4.